The molecule has 1 aliphatic carbocycles. The maximum absolute atomic E-state index is 11.8. The summed E-state index contributed by atoms with van der Waals surface area (Å²) >= 11 is 0. The fraction of sp³-hybridized carbons (Fsp3) is 0.545. The quantitative estimate of drug-likeness (QED) is 0.575. The standard InChI is InChI=1S/C11H16N4O3.ClH/c12-7-1-3-8(4-2-7)13-11(16)9-5-6-10(14-9)15(17)18;/h5-8,14H,1-4,12H2,(H,13,16);1H. The number of carbonyl (C=O) groups excluding carboxylic acids is 1. The minimum Gasteiger partial charge on any atom is -0.358 e. The molecule has 2 rings (SSSR count). The topological polar surface area (TPSA) is 114 Å². The number of rotatable bonds is 3. The summed E-state index contributed by atoms with van der Waals surface area (Å²) in [4.78, 5) is 24.2. The van der Waals surface area contributed by atoms with Gasteiger partial charge in [-0.1, -0.05) is 0 Å². The van der Waals surface area contributed by atoms with Gasteiger partial charge < -0.3 is 21.2 Å². The average Bonchev–Trinajstić information content (AvgIpc) is 2.81. The molecule has 8 heteroatoms. The molecule has 1 aromatic heterocycles. The zero-order chi connectivity index (χ0) is 13.1. The van der Waals surface area contributed by atoms with Gasteiger partial charge in [0.15, 0.2) is 5.69 Å². The van der Waals surface area contributed by atoms with E-state index in [1.165, 1.54) is 12.1 Å². The van der Waals surface area contributed by atoms with Crippen LogP contribution in [0.15, 0.2) is 12.1 Å². The molecule has 1 amide bonds. The maximum Gasteiger partial charge on any atom is 0.321 e. The Bertz CT molecular complexity index is 455. The van der Waals surface area contributed by atoms with Crippen LogP contribution in [0.25, 0.3) is 0 Å². The van der Waals surface area contributed by atoms with Crippen molar-refractivity contribution in [3.63, 3.8) is 0 Å². The van der Waals surface area contributed by atoms with Crippen molar-refractivity contribution in [1.82, 2.24) is 10.3 Å². The fourth-order valence-corrected chi connectivity index (χ4v) is 2.15. The summed E-state index contributed by atoms with van der Waals surface area (Å²) in [5.74, 6) is -0.477. The highest BCUT2D eigenvalue weighted by Gasteiger charge is 2.22. The lowest BCUT2D eigenvalue weighted by Crippen LogP contribution is -2.40. The lowest BCUT2D eigenvalue weighted by molar-refractivity contribution is -0.389. The number of nitro groups is 1. The van der Waals surface area contributed by atoms with Gasteiger partial charge in [-0.05, 0) is 36.7 Å². The van der Waals surface area contributed by atoms with E-state index in [1.807, 2.05) is 0 Å². The first-order chi connectivity index (χ1) is 8.56. The number of nitrogens with two attached hydrogens (primary N) is 1. The average molecular weight is 289 g/mol. The molecule has 0 aromatic carbocycles. The third-order valence-corrected chi connectivity index (χ3v) is 3.22. The van der Waals surface area contributed by atoms with E-state index >= 15 is 0 Å². The van der Waals surface area contributed by atoms with Crippen molar-refractivity contribution in [1.29, 1.82) is 0 Å². The zero-order valence-corrected chi connectivity index (χ0v) is 11.1. The van der Waals surface area contributed by atoms with Crippen LogP contribution in [0.4, 0.5) is 5.82 Å². The molecule has 0 unspecified atom stereocenters. The summed E-state index contributed by atoms with van der Waals surface area (Å²) in [6.45, 7) is 0. The van der Waals surface area contributed by atoms with Gasteiger partial charge >= 0.3 is 5.82 Å². The van der Waals surface area contributed by atoms with Crippen LogP contribution < -0.4 is 11.1 Å². The number of aromatic amines is 1. The molecular weight excluding hydrogens is 272 g/mol. The summed E-state index contributed by atoms with van der Waals surface area (Å²) in [7, 11) is 0. The van der Waals surface area contributed by atoms with E-state index in [1.54, 1.807) is 0 Å². The second-order valence-corrected chi connectivity index (χ2v) is 4.60. The number of hydrogen-bond donors (Lipinski definition) is 3. The minimum absolute atomic E-state index is 0. The van der Waals surface area contributed by atoms with Crippen molar-refractivity contribution in [2.75, 3.05) is 0 Å². The first-order valence-corrected chi connectivity index (χ1v) is 5.96. The van der Waals surface area contributed by atoms with Crippen molar-refractivity contribution in [2.45, 2.75) is 37.8 Å². The number of nitrogens with one attached hydrogen (secondary N) is 2. The van der Waals surface area contributed by atoms with Crippen molar-refractivity contribution < 1.29 is 9.72 Å². The Morgan fingerprint density at radius 1 is 1.37 bits per heavy atom. The van der Waals surface area contributed by atoms with Crippen molar-refractivity contribution in [3.8, 4) is 0 Å². The SMILES string of the molecule is Cl.NC1CCC(NC(=O)c2ccc([N+](=O)[O-])[nH]2)CC1. The Morgan fingerprint density at radius 2 is 2.00 bits per heavy atom. The van der Waals surface area contributed by atoms with Gasteiger partial charge in [0.1, 0.15) is 0 Å². The molecule has 0 radical (unpaired) electrons. The van der Waals surface area contributed by atoms with Crippen molar-refractivity contribution in [3.05, 3.63) is 27.9 Å². The molecule has 0 saturated heterocycles. The van der Waals surface area contributed by atoms with Crippen LogP contribution in [-0.2, 0) is 0 Å². The predicted molar refractivity (Wildman–Crippen MR) is 72.4 cm³/mol. The van der Waals surface area contributed by atoms with E-state index in [2.05, 4.69) is 10.3 Å². The van der Waals surface area contributed by atoms with E-state index in [9.17, 15) is 14.9 Å². The molecule has 106 valence electrons. The summed E-state index contributed by atoms with van der Waals surface area (Å²) in [5.41, 5.74) is 6.00. The zero-order valence-electron chi connectivity index (χ0n) is 10.3. The van der Waals surface area contributed by atoms with Crippen LogP contribution >= 0.6 is 12.4 Å². The summed E-state index contributed by atoms with van der Waals surface area (Å²) in [6, 6.07) is 3.04. The number of amides is 1. The number of hydrogen-bond acceptors (Lipinski definition) is 4. The molecule has 19 heavy (non-hydrogen) atoms. The highest BCUT2D eigenvalue weighted by Crippen LogP contribution is 2.17. The molecule has 1 aromatic rings. The third-order valence-electron chi connectivity index (χ3n) is 3.22. The number of halogens is 1. The number of nitrogens with zero attached hydrogens (tertiary/aromatic N) is 1. The molecule has 0 atom stereocenters. The Morgan fingerprint density at radius 3 is 2.53 bits per heavy atom. The van der Waals surface area contributed by atoms with Gasteiger partial charge in [0.2, 0.25) is 0 Å². The van der Waals surface area contributed by atoms with Crippen LogP contribution in [0, 0.1) is 10.1 Å². The number of aromatic nitrogens is 1. The smallest absolute Gasteiger partial charge is 0.321 e. The van der Waals surface area contributed by atoms with E-state index in [0.717, 1.165) is 25.7 Å². The van der Waals surface area contributed by atoms with Gasteiger partial charge in [-0.3, -0.25) is 4.79 Å². The van der Waals surface area contributed by atoms with Gasteiger partial charge in [-0.2, -0.15) is 0 Å². The van der Waals surface area contributed by atoms with Crippen molar-refractivity contribution >= 4 is 24.1 Å². The molecule has 0 aliphatic heterocycles. The summed E-state index contributed by atoms with van der Waals surface area (Å²) in [6.07, 6.45) is 3.51. The summed E-state index contributed by atoms with van der Waals surface area (Å²) < 4.78 is 0. The Hall–Kier alpha value is -1.60. The summed E-state index contributed by atoms with van der Waals surface area (Å²) in [5, 5.41) is 13.4. The Balaban J connectivity index is 0.00000180. The van der Waals surface area contributed by atoms with Crippen LogP contribution in [0.1, 0.15) is 36.2 Å². The van der Waals surface area contributed by atoms with E-state index in [-0.39, 0.29) is 41.9 Å². The molecule has 7 nitrogen and oxygen atoms in total. The molecule has 0 spiro atoms. The molecule has 1 aliphatic rings. The van der Waals surface area contributed by atoms with Gasteiger partial charge in [0.05, 0.1) is 0 Å². The van der Waals surface area contributed by atoms with Crippen LogP contribution in [0.5, 0.6) is 0 Å². The van der Waals surface area contributed by atoms with E-state index in [4.69, 9.17) is 5.73 Å². The first kappa shape index (κ1) is 15.5. The fourth-order valence-electron chi connectivity index (χ4n) is 2.15. The van der Waals surface area contributed by atoms with Crippen molar-refractivity contribution in [2.24, 2.45) is 5.73 Å². The number of H-pyrrole nitrogens is 1. The van der Waals surface area contributed by atoms with Gasteiger partial charge in [-0.25, -0.2) is 4.98 Å². The van der Waals surface area contributed by atoms with E-state index < -0.39 is 4.92 Å². The molecule has 1 heterocycles. The third kappa shape index (κ3) is 3.93. The van der Waals surface area contributed by atoms with Gasteiger partial charge in [0.25, 0.3) is 5.91 Å². The normalized spacial score (nSPS) is 22.4. The first-order valence-electron chi connectivity index (χ1n) is 5.96. The lowest BCUT2D eigenvalue weighted by atomic mass is 9.92. The van der Waals surface area contributed by atoms with E-state index in [0.29, 0.717) is 0 Å². The molecule has 4 N–H and O–H groups in total. The Labute approximate surface area is 116 Å². The van der Waals surface area contributed by atoms with Crippen LogP contribution in [0.2, 0.25) is 0 Å². The molecule has 1 saturated carbocycles. The van der Waals surface area contributed by atoms with Gasteiger partial charge in [-0.15, -0.1) is 12.4 Å². The predicted octanol–water partition coefficient (Wildman–Crippen LogP) is 1.34. The number of carbonyl (C=O) groups is 1. The molecular formula is C11H17ClN4O3. The highest BCUT2D eigenvalue weighted by atomic mass is 35.5. The largest absolute Gasteiger partial charge is 0.358 e. The maximum atomic E-state index is 11.8. The minimum atomic E-state index is -0.559. The molecule has 0 bridgehead atoms. The second kappa shape index (κ2) is 6.53. The second-order valence-electron chi connectivity index (χ2n) is 4.60. The lowest BCUT2D eigenvalue weighted by Gasteiger charge is -2.26. The Kier molecular flexibility index (Phi) is 5.31. The highest BCUT2D eigenvalue weighted by molar-refractivity contribution is 5.93. The monoisotopic (exact) mass is 288 g/mol. The van der Waals surface area contributed by atoms with Crippen LogP contribution in [0.3, 0.4) is 0 Å². The van der Waals surface area contributed by atoms with Gasteiger partial charge in [0, 0.05) is 18.2 Å². The molecule has 1 fully saturated rings. The van der Waals surface area contributed by atoms with Crippen LogP contribution in [-0.4, -0.2) is 27.9 Å².